The lowest BCUT2D eigenvalue weighted by Crippen LogP contribution is -2.16. The molecule has 1 aromatic carbocycles. The van der Waals surface area contributed by atoms with Crippen molar-refractivity contribution in [2.24, 2.45) is 0 Å². The number of rotatable bonds is 4. The van der Waals surface area contributed by atoms with E-state index >= 15 is 0 Å². The highest BCUT2D eigenvalue weighted by atomic mass is 32.2. The zero-order valence-corrected chi connectivity index (χ0v) is 10.8. The molecule has 0 fully saturated rings. The van der Waals surface area contributed by atoms with E-state index in [9.17, 15) is 4.79 Å². The monoisotopic (exact) mass is 262 g/mol. The molecule has 0 spiro atoms. The second-order valence-corrected chi connectivity index (χ2v) is 4.57. The maximum absolute atomic E-state index is 11.6. The Morgan fingerprint density at radius 3 is 2.78 bits per heavy atom. The molecule has 1 heterocycles. The van der Waals surface area contributed by atoms with E-state index < -0.39 is 0 Å². The Balaban J connectivity index is 2.22. The highest BCUT2D eigenvalue weighted by Crippen LogP contribution is 2.16. The van der Waals surface area contributed by atoms with Gasteiger partial charge >= 0.3 is 0 Å². The molecule has 1 aromatic heterocycles. The molecular weight excluding hydrogens is 248 g/mol. The minimum atomic E-state index is -0.0419. The summed E-state index contributed by atoms with van der Waals surface area (Å²) in [6, 6.07) is 9.06. The molecule has 0 saturated carbocycles. The molecule has 1 amide bonds. The van der Waals surface area contributed by atoms with E-state index in [4.69, 9.17) is 5.73 Å². The first-order chi connectivity index (χ1) is 8.70. The van der Waals surface area contributed by atoms with Crippen LogP contribution in [0.1, 0.15) is 0 Å². The van der Waals surface area contributed by atoms with Gasteiger partial charge in [0.2, 0.25) is 5.91 Å². The largest absolute Gasteiger partial charge is 0.399 e. The van der Waals surface area contributed by atoms with Crippen LogP contribution in [0.4, 0.5) is 11.5 Å². The smallest absolute Gasteiger partial charge is 0.235 e. The van der Waals surface area contributed by atoms with Gasteiger partial charge in [-0.15, -0.1) is 0 Å². The zero-order chi connectivity index (χ0) is 13.0. The van der Waals surface area contributed by atoms with Crippen molar-refractivity contribution >= 4 is 29.2 Å². The molecule has 0 aliphatic rings. The maximum atomic E-state index is 11.6. The SMILES string of the molecule is CSCC(=O)Nc1ccnn1-c1ccc(N)cc1. The zero-order valence-electron chi connectivity index (χ0n) is 9.96. The number of carbonyl (C=O) groups is 1. The summed E-state index contributed by atoms with van der Waals surface area (Å²) in [6.07, 6.45) is 3.53. The van der Waals surface area contributed by atoms with Gasteiger partial charge in [-0.05, 0) is 30.5 Å². The van der Waals surface area contributed by atoms with E-state index in [1.165, 1.54) is 11.8 Å². The molecule has 2 aromatic rings. The fraction of sp³-hybridized carbons (Fsp3) is 0.167. The van der Waals surface area contributed by atoms with Crippen molar-refractivity contribution < 1.29 is 4.79 Å². The first kappa shape index (κ1) is 12.5. The molecule has 0 aliphatic heterocycles. The Labute approximate surface area is 109 Å². The fourth-order valence-electron chi connectivity index (χ4n) is 1.53. The molecule has 94 valence electrons. The van der Waals surface area contributed by atoms with E-state index in [1.807, 2.05) is 18.4 Å². The van der Waals surface area contributed by atoms with Crippen LogP contribution in [0.5, 0.6) is 0 Å². The number of nitrogens with two attached hydrogens (primary N) is 1. The van der Waals surface area contributed by atoms with E-state index in [0.29, 0.717) is 17.3 Å². The normalized spacial score (nSPS) is 10.3. The lowest BCUT2D eigenvalue weighted by molar-refractivity contribution is -0.113. The summed E-state index contributed by atoms with van der Waals surface area (Å²) in [5, 5.41) is 7.00. The summed E-state index contributed by atoms with van der Waals surface area (Å²) in [6.45, 7) is 0. The Kier molecular flexibility index (Phi) is 3.88. The Hall–Kier alpha value is -1.95. The van der Waals surface area contributed by atoms with Crippen LogP contribution in [0.3, 0.4) is 0 Å². The number of anilines is 2. The number of amides is 1. The lowest BCUT2D eigenvalue weighted by Gasteiger charge is -2.08. The van der Waals surface area contributed by atoms with Crippen LogP contribution in [-0.2, 0) is 4.79 Å². The summed E-state index contributed by atoms with van der Waals surface area (Å²) in [5.41, 5.74) is 7.18. The second kappa shape index (κ2) is 5.59. The van der Waals surface area contributed by atoms with Crippen molar-refractivity contribution in [2.75, 3.05) is 23.1 Å². The number of hydrogen-bond acceptors (Lipinski definition) is 4. The molecule has 6 heteroatoms. The Morgan fingerprint density at radius 1 is 1.39 bits per heavy atom. The number of nitrogen functional groups attached to an aromatic ring is 1. The molecular formula is C12H14N4OS. The minimum absolute atomic E-state index is 0.0419. The van der Waals surface area contributed by atoms with Crippen LogP contribution < -0.4 is 11.1 Å². The van der Waals surface area contributed by atoms with Crippen molar-refractivity contribution in [2.45, 2.75) is 0 Å². The van der Waals surface area contributed by atoms with Gasteiger partial charge in [-0.2, -0.15) is 16.9 Å². The average Bonchev–Trinajstić information content (AvgIpc) is 2.78. The van der Waals surface area contributed by atoms with E-state index in [-0.39, 0.29) is 5.91 Å². The maximum Gasteiger partial charge on any atom is 0.235 e. The standard InChI is InChI=1S/C12H14N4OS/c1-18-8-12(17)15-11-6-7-14-16(11)10-4-2-9(13)3-5-10/h2-7H,8,13H2,1H3,(H,15,17). The van der Waals surface area contributed by atoms with Gasteiger partial charge < -0.3 is 11.1 Å². The van der Waals surface area contributed by atoms with Crippen LogP contribution in [-0.4, -0.2) is 27.7 Å². The van der Waals surface area contributed by atoms with Crippen molar-refractivity contribution in [3.05, 3.63) is 36.5 Å². The van der Waals surface area contributed by atoms with Crippen molar-refractivity contribution in [1.29, 1.82) is 0 Å². The number of benzene rings is 1. The topological polar surface area (TPSA) is 72.9 Å². The number of aromatic nitrogens is 2. The van der Waals surface area contributed by atoms with Gasteiger partial charge in [0, 0.05) is 11.8 Å². The summed E-state index contributed by atoms with van der Waals surface area (Å²) in [4.78, 5) is 11.6. The molecule has 5 nitrogen and oxygen atoms in total. The molecule has 0 aliphatic carbocycles. The summed E-state index contributed by atoms with van der Waals surface area (Å²) >= 11 is 1.48. The summed E-state index contributed by atoms with van der Waals surface area (Å²) in [7, 11) is 0. The predicted molar refractivity (Wildman–Crippen MR) is 75.0 cm³/mol. The van der Waals surface area contributed by atoms with E-state index in [2.05, 4.69) is 10.4 Å². The average molecular weight is 262 g/mol. The van der Waals surface area contributed by atoms with Gasteiger partial charge in [-0.3, -0.25) is 4.79 Å². The van der Waals surface area contributed by atoms with E-state index in [0.717, 1.165) is 5.69 Å². The van der Waals surface area contributed by atoms with Crippen molar-refractivity contribution in [3.8, 4) is 5.69 Å². The molecule has 0 saturated heterocycles. The number of hydrogen-bond donors (Lipinski definition) is 2. The van der Waals surface area contributed by atoms with Gasteiger partial charge in [0.15, 0.2) is 0 Å². The molecule has 0 bridgehead atoms. The summed E-state index contributed by atoms with van der Waals surface area (Å²) in [5.74, 6) is 1.03. The number of thioether (sulfide) groups is 1. The third-order valence-electron chi connectivity index (χ3n) is 2.32. The third kappa shape index (κ3) is 2.84. The van der Waals surface area contributed by atoms with Crippen molar-refractivity contribution in [3.63, 3.8) is 0 Å². The van der Waals surface area contributed by atoms with Crippen molar-refractivity contribution in [1.82, 2.24) is 9.78 Å². The molecule has 0 atom stereocenters. The van der Waals surface area contributed by atoms with Crippen LogP contribution >= 0.6 is 11.8 Å². The molecule has 2 rings (SSSR count). The molecule has 0 unspecified atom stereocenters. The second-order valence-electron chi connectivity index (χ2n) is 3.70. The van der Waals surface area contributed by atoms with Crippen LogP contribution in [0.25, 0.3) is 5.69 Å². The van der Waals surface area contributed by atoms with Crippen LogP contribution in [0.2, 0.25) is 0 Å². The minimum Gasteiger partial charge on any atom is -0.399 e. The fourth-order valence-corrected chi connectivity index (χ4v) is 1.86. The van der Waals surface area contributed by atoms with Gasteiger partial charge in [0.05, 0.1) is 17.6 Å². The predicted octanol–water partition coefficient (Wildman–Crippen LogP) is 1.76. The Morgan fingerprint density at radius 2 is 2.11 bits per heavy atom. The summed E-state index contributed by atoms with van der Waals surface area (Å²) < 4.78 is 1.66. The third-order valence-corrected chi connectivity index (χ3v) is 2.87. The number of nitrogens with zero attached hydrogens (tertiary/aromatic N) is 2. The first-order valence-electron chi connectivity index (χ1n) is 5.39. The van der Waals surface area contributed by atoms with Crippen LogP contribution in [0, 0.1) is 0 Å². The quantitative estimate of drug-likeness (QED) is 0.823. The lowest BCUT2D eigenvalue weighted by atomic mass is 10.3. The van der Waals surface area contributed by atoms with Crippen LogP contribution in [0.15, 0.2) is 36.5 Å². The first-order valence-corrected chi connectivity index (χ1v) is 6.79. The van der Waals surface area contributed by atoms with E-state index in [1.54, 1.807) is 29.1 Å². The molecule has 18 heavy (non-hydrogen) atoms. The van der Waals surface area contributed by atoms with Gasteiger partial charge in [-0.25, -0.2) is 4.68 Å². The number of nitrogens with one attached hydrogen (secondary N) is 1. The Bertz CT molecular complexity index is 535. The molecule has 0 radical (unpaired) electrons. The van der Waals surface area contributed by atoms with Gasteiger partial charge in [-0.1, -0.05) is 0 Å². The highest BCUT2D eigenvalue weighted by molar-refractivity contribution is 7.99. The van der Waals surface area contributed by atoms with Gasteiger partial charge in [0.25, 0.3) is 0 Å². The number of carbonyl (C=O) groups excluding carboxylic acids is 1. The highest BCUT2D eigenvalue weighted by Gasteiger charge is 2.07. The molecule has 3 N–H and O–H groups in total. The van der Waals surface area contributed by atoms with Gasteiger partial charge in [0.1, 0.15) is 5.82 Å².